The number of hydrogen-bond donors (Lipinski definition) is 3. The summed E-state index contributed by atoms with van der Waals surface area (Å²) < 4.78 is 5.39. The van der Waals surface area contributed by atoms with Crippen molar-refractivity contribution in [3.8, 4) is 5.75 Å². The molecule has 0 bridgehead atoms. The molecule has 0 aliphatic rings. The number of halogens is 1. The van der Waals surface area contributed by atoms with Crippen LogP contribution in [0.4, 0.5) is 5.69 Å². The number of hydrogen-bond acceptors (Lipinski definition) is 4. The Hall–Kier alpha value is -3.06. The topological polar surface area (TPSA) is 111 Å². The third kappa shape index (κ3) is 6.80. The summed E-state index contributed by atoms with van der Waals surface area (Å²) >= 11 is 6.06. The summed E-state index contributed by atoms with van der Waals surface area (Å²) in [5, 5.41) is 5.84. The van der Waals surface area contributed by atoms with Crippen molar-refractivity contribution in [2.45, 2.75) is 26.3 Å². The van der Waals surface area contributed by atoms with Crippen molar-refractivity contribution in [3.63, 3.8) is 0 Å². The van der Waals surface area contributed by atoms with E-state index in [-0.39, 0.29) is 24.9 Å². The van der Waals surface area contributed by atoms with Crippen LogP contribution >= 0.6 is 11.6 Å². The van der Waals surface area contributed by atoms with Crippen LogP contribution in [0.25, 0.3) is 0 Å². The number of benzene rings is 2. The molecular weight excluding hydrogens is 394 g/mol. The molecule has 154 valence electrons. The molecule has 29 heavy (non-hydrogen) atoms. The molecule has 2 aromatic rings. The molecule has 0 heterocycles. The number of primary amides is 1. The molecule has 1 unspecified atom stereocenters. The van der Waals surface area contributed by atoms with Crippen LogP contribution in [0.1, 0.15) is 30.6 Å². The lowest BCUT2D eigenvalue weighted by Gasteiger charge is -2.22. The van der Waals surface area contributed by atoms with Crippen molar-refractivity contribution >= 4 is 35.0 Å². The number of nitrogens with two attached hydrogens (primary N) is 1. The highest BCUT2D eigenvalue weighted by Crippen LogP contribution is 2.18. The summed E-state index contributed by atoms with van der Waals surface area (Å²) in [6.07, 6.45) is 0.125. The van der Waals surface area contributed by atoms with Gasteiger partial charge in [0.05, 0.1) is 23.6 Å². The van der Waals surface area contributed by atoms with Crippen molar-refractivity contribution < 1.29 is 19.1 Å². The van der Waals surface area contributed by atoms with Gasteiger partial charge in [-0.05, 0) is 42.3 Å². The van der Waals surface area contributed by atoms with Gasteiger partial charge < -0.3 is 21.1 Å². The summed E-state index contributed by atoms with van der Waals surface area (Å²) in [7, 11) is 0. The highest BCUT2D eigenvalue weighted by molar-refractivity contribution is 6.33. The number of anilines is 1. The van der Waals surface area contributed by atoms with Crippen LogP contribution in [0.15, 0.2) is 48.5 Å². The predicted octanol–water partition coefficient (Wildman–Crippen LogP) is 2.99. The summed E-state index contributed by atoms with van der Waals surface area (Å²) in [5.74, 6) is -0.785. The fourth-order valence-corrected chi connectivity index (χ4v) is 2.74. The largest absolute Gasteiger partial charge is 0.493 e. The van der Waals surface area contributed by atoms with E-state index in [0.29, 0.717) is 22.0 Å². The lowest BCUT2D eigenvalue weighted by atomic mass is 10.0. The van der Waals surface area contributed by atoms with Gasteiger partial charge in [-0.1, -0.05) is 37.6 Å². The van der Waals surface area contributed by atoms with E-state index in [1.54, 1.807) is 48.5 Å². The average molecular weight is 418 g/mol. The van der Waals surface area contributed by atoms with E-state index < -0.39 is 17.9 Å². The summed E-state index contributed by atoms with van der Waals surface area (Å²) in [6.45, 7) is 3.87. The van der Waals surface area contributed by atoms with Crippen LogP contribution in [-0.2, 0) is 9.59 Å². The molecular formula is C21H24ClN3O4. The van der Waals surface area contributed by atoms with Crippen LogP contribution in [0, 0.1) is 5.92 Å². The van der Waals surface area contributed by atoms with Gasteiger partial charge in [-0.2, -0.15) is 0 Å². The highest BCUT2D eigenvalue weighted by Gasteiger charge is 2.25. The first-order valence-electron chi connectivity index (χ1n) is 9.15. The van der Waals surface area contributed by atoms with Crippen molar-refractivity contribution in [1.82, 2.24) is 5.32 Å². The Kier molecular flexibility index (Phi) is 8.03. The first-order valence-corrected chi connectivity index (χ1v) is 9.53. The molecule has 0 fully saturated rings. The molecule has 0 radical (unpaired) electrons. The Morgan fingerprint density at radius 3 is 2.31 bits per heavy atom. The van der Waals surface area contributed by atoms with Crippen LogP contribution < -0.4 is 21.1 Å². The van der Waals surface area contributed by atoms with Crippen molar-refractivity contribution in [1.29, 1.82) is 0 Å². The second-order valence-corrected chi connectivity index (χ2v) is 7.16. The Morgan fingerprint density at radius 1 is 1.07 bits per heavy atom. The maximum atomic E-state index is 12.7. The fraction of sp³-hybridized carbons (Fsp3) is 0.286. The van der Waals surface area contributed by atoms with Gasteiger partial charge in [0, 0.05) is 5.69 Å². The minimum absolute atomic E-state index is 0.125. The number of carbonyl (C=O) groups is 3. The van der Waals surface area contributed by atoms with E-state index in [2.05, 4.69) is 10.6 Å². The maximum Gasteiger partial charge on any atom is 0.253 e. The molecule has 7 nitrogen and oxygen atoms in total. The Balaban J connectivity index is 1.99. The summed E-state index contributed by atoms with van der Waals surface area (Å²) in [5.41, 5.74) is 5.93. The van der Waals surface area contributed by atoms with E-state index in [1.807, 2.05) is 13.8 Å². The SMILES string of the molecule is CC(C)C(NC(=O)c1ccccc1Cl)C(=O)Nc1ccc(OCCC(N)=O)cc1. The lowest BCUT2D eigenvalue weighted by molar-refractivity contribution is -0.119. The second kappa shape index (κ2) is 10.5. The highest BCUT2D eigenvalue weighted by atomic mass is 35.5. The Labute approximate surface area is 174 Å². The predicted molar refractivity (Wildman–Crippen MR) is 112 cm³/mol. The number of nitrogens with one attached hydrogen (secondary N) is 2. The maximum absolute atomic E-state index is 12.7. The Bertz CT molecular complexity index is 868. The third-order valence-electron chi connectivity index (χ3n) is 4.09. The van der Waals surface area contributed by atoms with Crippen LogP contribution in [0.2, 0.25) is 5.02 Å². The molecule has 1 atom stereocenters. The molecule has 0 saturated heterocycles. The van der Waals surface area contributed by atoms with Gasteiger partial charge in [0.1, 0.15) is 11.8 Å². The van der Waals surface area contributed by atoms with Crippen molar-refractivity contribution in [2.24, 2.45) is 11.7 Å². The molecule has 0 saturated carbocycles. The van der Waals surface area contributed by atoms with Crippen LogP contribution in [0.3, 0.4) is 0 Å². The normalized spacial score (nSPS) is 11.6. The van der Waals surface area contributed by atoms with E-state index in [1.165, 1.54) is 0 Å². The molecule has 0 spiro atoms. The van der Waals surface area contributed by atoms with Crippen LogP contribution in [0.5, 0.6) is 5.75 Å². The molecule has 2 aromatic carbocycles. The van der Waals surface area contributed by atoms with Crippen molar-refractivity contribution in [2.75, 3.05) is 11.9 Å². The van der Waals surface area contributed by atoms with Gasteiger partial charge in [0.15, 0.2) is 0 Å². The van der Waals surface area contributed by atoms with Gasteiger partial charge in [-0.15, -0.1) is 0 Å². The third-order valence-corrected chi connectivity index (χ3v) is 4.42. The van der Waals surface area contributed by atoms with Gasteiger partial charge in [0.2, 0.25) is 11.8 Å². The lowest BCUT2D eigenvalue weighted by Crippen LogP contribution is -2.47. The number of amides is 3. The van der Waals surface area contributed by atoms with Gasteiger partial charge >= 0.3 is 0 Å². The smallest absolute Gasteiger partial charge is 0.253 e. The van der Waals surface area contributed by atoms with Gasteiger partial charge in [-0.25, -0.2) is 0 Å². The molecule has 0 aliphatic carbocycles. The molecule has 0 aromatic heterocycles. The molecule has 0 aliphatic heterocycles. The van der Waals surface area contributed by atoms with E-state index >= 15 is 0 Å². The zero-order chi connectivity index (χ0) is 21.4. The first-order chi connectivity index (χ1) is 13.8. The minimum atomic E-state index is -0.745. The minimum Gasteiger partial charge on any atom is -0.493 e. The first kappa shape index (κ1) is 22.2. The van der Waals surface area contributed by atoms with E-state index in [9.17, 15) is 14.4 Å². The number of carbonyl (C=O) groups excluding carboxylic acids is 3. The molecule has 8 heteroatoms. The fourth-order valence-electron chi connectivity index (χ4n) is 2.52. The van der Waals surface area contributed by atoms with E-state index in [4.69, 9.17) is 22.1 Å². The average Bonchev–Trinajstić information content (AvgIpc) is 2.67. The number of ether oxygens (including phenoxy) is 1. The molecule has 2 rings (SSSR count). The standard InChI is InChI=1S/C21H24ClN3O4/c1-13(2)19(25-20(27)16-5-3-4-6-17(16)22)21(28)24-14-7-9-15(10-8-14)29-12-11-18(23)26/h3-10,13,19H,11-12H2,1-2H3,(H2,23,26)(H,24,28)(H,25,27). The quantitative estimate of drug-likeness (QED) is 0.582. The van der Waals surface area contributed by atoms with Gasteiger partial charge in [-0.3, -0.25) is 14.4 Å². The zero-order valence-electron chi connectivity index (χ0n) is 16.3. The molecule has 4 N–H and O–H groups in total. The van der Waals surface area contributed by atoms with Crippen molar-refractivity contribution in [3.05, 3.63) is 59.1 Å². The molecule has 3 amide bonds. The number of rotatable bonds is 9. The Morgan fingerprint density at radius 2 is 1.72 bits per heavy atom. The monoisotopic (exact) mass is 417 g/mol. The van der Waals surface area contributed by atoms with Crippen LogP contribution in [-0.4, -0.2) is 30.4 Å². The second-order valence-electron chi connectivity index (χ2n) is 6.75. The summed E-state index contributed by atoms with van der Waals surface area (Å²) in [6, 6.07) is 12.6. The van der Waals surface area contributed by atoms with Gasteiger partial charge in [0.25, 0.3) is 5.91 Å². The van der Waals surface area contributed by atoms with E-state index in [0.717, 1.165) is 0 Å². The summed E-state index contributed by atoms with van der Waals surface area (Å²) in [4.78, 5) is 35.9. The zero-order valence-corrected chi connectivity index (χ0v) is 17.0.